The lowest BCUT2D eigenvalue weighted by molar-refractivity contribution is -0.135. The maximum absolute atomic E-state index is 13.4. The van der Waals surface area contributed by atoms with Gasteiger partial charge < -0.3 is 23.7 Å². The van der Waals surface area contributed by atoms with Crippen LogP contribution in [-0.4, -0.2) is 65.4 Å². The van der Waals surface area contributed by atoms with Crippen molar-refractivity contribution in [3.05, 3.63) is 39.5 Å². The van der Waals surface area contributed by atoms with E-state index in [2.05, 4.69) is 14.8 Å². The first-order chi connectivity index (χ1) is 15.4. The average molecular weight is 471 g/mol. The van der Waals surface area contributed by atoms with Crippen molar-refractivity contribution >= 4 is 5.97 Å². The fourth-order valence-electron chi connectivity index (χ4n) is 2.07. The summed E-state index contributed by atoms with van der Waals surface area (Å²) in [6, 6.07) is 0. The van der Waals surface area contributed by atoms with Crippen LogP contribution in [0.1, 0.15) is 12.8 Å². The first-order valence-corrected chi connectivity index (χ1v) is 9.44. The molecule has 1 aromatic rings. The zero-order valence-electron chi connectivity index (χ0n) is 17.0. The Labute approximate surface area is 180 Å². The summed E-state index contributed by atoms with van der Waals surface area (Å²) in [5.41, 5.74) is 8.06. The van der Waals surface area contributed by atoms with Crippen molar-refractivity contribution in [2.45, 2.75) is 12.8 Å². The summed E-state index contributed by atoms with van der Waals surface area (Å²) in [6.45, 7) is 2.48. The van der Waals surface area contributed by atoms with E-state index in [0.29, 0.717) is 33.0 Å². The Kier molecular flexibility index (Phi) is 13.9. The third-order valence-corrected chi connectivity index (χ3v) is 3.57. The number of hydrogen-bond donors (Lipinski definition) is 0. The summed E-state index contributed by atoms with van der Waals surface area (Å²) in [5, 5.41) is 3.30. The average Bonchev–Trinajstić information content (AvgIpc) is 2.79. The van der Waals surface area contributed by atoms with Crippen molar-refractivity contribution < 1.29 is 50.4 Å². The second-order valence-electron chi connectivity index (χ2n) is 5.88. The smallest absolute Gasteiger partial charge is 0.311 e. The summed E-state index contributed by atoms with van der Waals surface area (Å²) in [7, 11) is 0. The van der Waals surface area contributed by atoms with Gasteiger partial charge in [0.25, 0.3) is 0 Å². The second kappa shape index (κ2) is 16.2. The third kappa shape index (κ3) is 10.2. The molecule has 0 atom stereocenters. The van der Waals surface area contributed by atoms with Crippen LogP contribution in [0.2, 0.25) is 0 Å². The standard InChI is InChI=1S/C18H22F5N3O6/c19-13-14(20)16(22)18(17(23)15(13)21)32-12(27)2-1-4-28-6-8-30-10-11-31-9-7-29-5-3-25-26-24/h1-11H2. The molecule has 180 valence electrons. The molecular weight excluding hydrogens is 449 g/mol. The lowest BCUT2D eigenvalue weighted by atomic mass is 10.2. The largest absolute Gasteiger partial charge is 0.420 e. The van der Waals surface area contributed by atoms with Gasteiger partial charge in [-0.1, -0.05) is 5.11 Å². The summed E-state index contributed by atoms with van der Waals surface area (Å²) >= 11 is 0. The molecule has 14 heteroatoms. The maximum atomic E-state index is 13.4. The summed E-state index contributed by atoms with van der Waals surface area (Å²) in [5.74, 6) is -14.0. The molecule has 0 aliphatic carbocycles. The van der Waals surface area contributed by atoms with Gasteiger partial charge in [-0.05, 0) is 12.0 Å². The summed E-state index contributed by atoms with van der Waals surface area (Å²) in [6.07, 6.45) is -0.268. The van der Waals surface area contributed by atoms with Crippen LogP contribution in [0, 0.1) is 29.1 Å². The molecule has 0 aromatic heterocycles. The molecule has 0 radical (unpaired) electrons. The predicted octanol–water partition coefficient (Wildman–Crippen LogP) is 3.44. The van der Waals surface area contributed by atoms with E-state index in [1.807, 2.05) is 0 Å². The van der Waals surface area contributed by atoms with Crippen molar-refractivity contribution in [1.82, 2.24) is 0 Å². The van der Waals surface area contributed by atoms with Gasteiger partial charge in [-0.2, -0.15) is 8.78 Å². The molecule has 1 rings (SSSR count). The van der Waals surface area contributed by atoms with Gasteiger partial charge in [-0.15, -0.1) is 0 Å². The SMILES string of the molecule is [N-]=[N+]=NCCOCCOCCOCCOCCCC(=O)Oc1c(F)c(F)c(F)c(F)c1F. The molecule has 0 amide bonds. The van der Waals surface area contributed by atoms with Crippen molar-refractivity contribution in [2.24, 2.45) is 5.11 Å². The van der Waals surface area contributed by atoms with Crippen LogP contribution in [0.5, 0.6) is 5.75 Å². The Bertz CT molecular complexity index is 751. The van der Waals surface area contributed by atoms with Crippen LogP contribution < -0.4 is 4.74 Å². The minimum atomic E-state index is -2.34. The number of nitrogens with zero attached hydrogens (tertiary/aromatic N) is 3. The van der Waals surface area contributed by atoms with Gasteiger partial charge in [-0.3, -0.25) is 4.79 Å². The van der Waals surface area contributed by atoms with Gasteiger partial charge in [0.15, 0.2) is 0 Å². The Morgan fingerprint density at radius 2 is 1.16 bits per heavy atom. The number of carbonyl (C=O) groups is 1. The quantitative estimate of drug-likeness (QED) is 0.0396. The van der Waals surface area contributed by atoms with Gasteiger partial charge in [0.2, 0.25) is 34.8 Å². The highest BCUT2D eigenvalue weighted by Gasteiger charge is 2.28. The first-order valence-electron chi connectivity index (χ1n) is 9.44. The van der Waals surface area contributed by atoms with Crippen LogP contribution in [0.4, 0.5) is 22.0 Å². The maximum Gasteiger partial charge on any atom is 0.311 e. The number of ether oxygens (including phenoxy) is 5. The Morgan fingerprint density at radius 1 is 0.719 bits per heavy atom. The van der Waals surface area contributed by atoms with Crippen molar-refractivity contribution in [3.8, 4) is 5.75 Å². The molecule has 0 saturated carbocycles. The molecule has 0 saturated heterocycles. The molecule has 0 heterocycles. The second-order valence-corrected chi connectivity index (χ2v) is 5.88. The van der Waals surface area contributed by atoms with E-state index in [1.165, 1.54) is 0 Å². The summed E-state index contributed by atoms with van der Waals surface area (Å²) in [4.78, 5) is 14.1. The summed E-state index contributed by atoms with van der Waals surface area (Å²) < 4.78 is 90.9. The number of carbonyl (C=O) groups excluding carboxylic acids is 1. The van der Waals surface area contributed by atoms with Crippen LogP contribution in [0.3, 0.4) is 0 Å². The minimum Gasteiger partial charge on any atom is -0.420 e. The lowest BCUT2D eigenvalue weighted by Gasteiger charge is -2.09. The van der Waals surface area contributed by atoms with Gasteiger partial charge in [-0.25, -0.2) is 13.2 Å². The van der Waals surface area contributed by atoms with Crippen molar-refractivity contribution in [3.63, 3.8) is 0 Å². The first kappa shape index (κ1) is 27.5. The normalized spacial score (nSPS) is 10.8. The van der Waals surface area contributed by atoms with Gasteiger partial charge in [0.05, 0.1) is 46.2 Å². The minimum absolute atomic E-state index is 0.0826. The topological polar surface area (TPSA) is 112 Å². The van der Waals surface area contributed by atoms with Crippen LogP contribution in [0.25, 0.3) is 10.4 Å². The number of rotatable bonds is 17. The predicted molar refractivity (Wildman–Crippen MR) is 98.4 cm³/mol. The Morgan fingerprint density at radius 3 is 1.66 bits per heavy atom. The Balaban J connectivity index is 2.03. The Hall–Kier alpha value is -2.51. The lowest BCUT2D eigenvalue weighted by Crippen LogP contribution is -2.15. The highest BCUT2D eigenvalue weighted by atomic mass is 19.2. The third-order valence-electron chi connectivity index (χ3n) is 3.57. The number of esters is 1. The van der Waals surface area contributed by atoms with Gasteiger partial charge in [0, 0.05) is 24.5 Å². The van der Waals surface area contributed by atoms with Crippen molar-refractivity contribution in [1.29, 1.82) is 0 Å². The molecular formula is C18H22F5N3O6. The fourth-order valence-corrected chi connectivity index (χ4v) is 2.07. The monoisotopic (exact) mass is 471 g/mol. The van der Waals surface area contributed by atoms with Crippen molar-refractivity contribution in [2.75, 3.05) is 59.4 Å². The number of azide groups is 1. The molecule has 0 unspecified atom stereocenters. The van der Waals surface area contributed by atoms with E-state index >= 15 is 0 Å². The molecule has 0 fully saturated rings. The zero-order chi connectivity index (χ0) is 23.8. The van der Waals surface area contributed by atoms with Gasteiger partial charge in [0.1, 0.15) is 0 Å². The van der Waals surface area contributed by atoms with E-state index in [-0.39, 0.29) is 39.2 Å². The van der Waals surface area contributed by atoms with E-state index in [1.54, 1.807) is 0 Å². The van der Waals surface area contributed by atoms with Crippen LogP contribution >= 0.6 is 0 Å². The number of hydrogen-bond acceptors (Lipinski definition) is 7. The highest BCUT2D eigenvalue weighted by Crippen LogP contribution is 2.29. The van der Waals surface area contributed by atoms with Crippen LogP contribution in [0.15, 0.2) is 5.11 Å². The fraction of sp³-hybridized carbons (Fsp3) is 0.611. The molecule has 0 spiro atoms. The highest BCUT2D eigenvalue weighted by molar-refractivity contribution is 5.72. The van der Waals surface area contributed by atoms with E-state index < -0.39 is 40.8 Å². The molecule has 9 nitrogen and oxygen atoms in total. The van der Waals surface area contributed by atoms with Crippen LogP contribution in [-0.2, 0) is 23.7 Å². The molecule has 32 heavy (non-hydrogen) atoms. The molecule has 0 aliphatic rings. The number of benzene rings is 1. The van der Waals surface area contributed by atoms with Gasteiger partial charge >= 0.3 is 5.97 Å². The molecule has 1 aromatic carbocycles. The molecule has 0 bridgehead atoms. The molecule has 0 N–H and O–H groups in total. The van der Waals surface area contributed by atoms with E-state index in [9.17, 15) is 26.7 Å². The molecule has 0 aliphatic heterocycles. The zero-order valence-corrected chi connectivity index (χ0v) is 17.0. The van der Waals surface area contributed by atoms with E-state index in [4.69, 9.17) is 24.5 Å². The number of halogens is 5. The van der Waals surface area contributed by atoms with E-state index in [0.717, 1.165) is 0 Å².